The van der Waals surface area contributed by atoms with Crippen molar-refractivity contribution in [3.63, 3.8) is 0 Å². The molecule has 1 N–H and O–H groups in total. The Kier molecular flexibility index (Phi) is 3.54. The van der Waals surface area contributed by atoms with Crippen molar-refractivity contribution in [1.82, 2.24) is 15.3 Å². The van der Waals surface area contributed by atoms with Crippen LogP contribution in [0.4, 0.5) is 0 Å². The molecule has 2 rings (SSSR count). The molecule has 0 saturated carbocycles. The second-order valence-corrected chi connectivity index (χ2v) is 4.96. The van der Waals surface area contributed by atoms with Gasteiger partial charge in [-0.2, -0.15) is 0 Å². The SMILES string of the molecule is CCCc1nc(CC(C)C)nc2c1CNC2. The van der Waals surface area contributed by atoms with E-state index in [4.69, 9.17) is 4.98 Å². The predicted octanol–water partition coefficient (Wildman–Crippen LogP) is 2.23. The monoisotopic (exact) mass is 219 g/mol. The Hall–Kier alpha value is -0.960. The lowest BCUT2D eigenvalue weighted by atomic mass is 10.1. The summed E-state index contributed by atoms with van der Waals surface area (Å²) < 4.78 is 0. The van der Waals surface area contributed by atoms with E-state index in [2.05, 4.69) is 31.1 Å². The summed E-state index contributed by atoms with van der Waals surface area (Å²) in [5, 5.41) is 3.36. The second kappa shape index (κ2) is 4.91. The highest BCUT2D eigenvalue weighted by Crippen LogP contribution is 2.19. The molecule has 0 amide bonds. The highest BCUT2D eigenvalue weighted by molar-refractivity contribution is 5.29. The maximum absolute atomic E-state index is 4.72. The third-order valence-corrected chi connectivity index (χ3v) is 2.90. The molecule has 0 atom stereocenters. The summed E-state index contributed by atoms with van der Waals surface area (Å²) in [4.78, 5) is 9.39. The Morgan fingerprint density at radius 1 is 1.25 bits per heavy atom. The van der Waals surface area contributed by atoms with Gasteiger partial charge < -0.3 is 5.32 Å². The van der Waals surface area contributed by atoms with Crippen molar-refractivity contribution < 1.29 is 0 Å². The molecule has 1 aromatic rings. The van der Waals surface area contributed by atoms with E-state index < -0.39 is 0 Å². The quantitative estimate of drug-likeness (QED) is 0.844. The van der Waals surface area contributed by atoms with Crippen LogP contribution in [0.25, 0.3) is 0 Å². The molecule has 88 valence electrons. The van der Waals surface area contributed by atoms with Crippen LogP contribution in [0.5, 0.6) is 0 Å². The average molecular weight is 219 g/mol. The van der Waals surface area contributed by atoms with E-state index in [-0.39, 0.29) is 0 Å². The van der Waals surface area contributed by atoms with Gasteiger partial charge in [-0.3, -0.25) is 0 Å². The molecular formula is C13H21N3. The first-order chi connectivity index (χ1) is 7.70. The smallest absolute Gasteiger partial charge is 0.129 e. The van der Waals surface area contributed by atoms with E-state index >= 15 is 0 Å². The number of nitrogens with zero attached hydrogens (tertiary/aromatic N) is 2. The van der Waals surface area contributed by atoms with Gasteiger partial charge in [-0.05, 0) is 12.3 Å². The molecular weight excluding hydrogens is 198 g/mol. The zero-order chi connectivity index (χ0) is 11.5. The molecule has 0 bridgehead atoms. The normalized spacial score (nSPS) is 14.5. The first-order valence-electron chi connectivity index (χ1n) is 6.29. The molecule has 1 aromatic heterocycles. The largest absolute Gasteiger partial charge is 0.307 e. The average Bonchev–Trinajstić information content (AvgIpc) is 2.65. The molecule has 0 aromatic carbocycles. The van der Waals surface area contributed by atoms with Crippen LogP contribution >= 0.6 is 0 Å². The number of nitrogens with one attached hydrogen (secondary N) is 1. The van der Waals surface area contributed by atoms with Gasteiger partial charge in [0.25, 0.3) is 0 Å². The molecule has 0 fully saturated rings. The van der Waals surface area contributed by atoms with Crippen LogP contribution in [0, 0.1) is 5.92 Å². The van der Waals surface area contributed by atoms with Crippen molar-refractivity contribution in [2.75, 3.05) is 0 Å². The molecule has 1 aliphatic rings. The van der Waals surface area contributed by atoms with Crippen molar-refractivity contribution in [1.29, 1.82) is 0 Å². The maximum atomic E-state index is 4.72. The Morgan fingerprint density at radius 2 is 2.06 bits per heavy atom. The molecule has 1 aliphatic heterocycles. The van der Waals surface area contributed by atoms with Crippen LogP contribution in [0.2, 0.25) is 0 Å². The molecule has 3 heteroatoms. The predicted molar refractivity (Wildman–Crippen MR) is 65.1 cm³/mol. The van der Waals surface area contributed by atoms with Crippen molar-refractivity contribution >= 4 is 0 Å². The van der Waals surface area contributed by atoms with Gasteiger partial charge in [0.05, 0.1) is 5.69 Å². The maximum Gasteiger partial charge on any atom is 0.129 e. The molecule has 0 radical (unpaired) electrons. The third kappa shape index (κ3) is 2.40. The number of hydrogen-bond donors (Lipinski definition) is 1. The summed E-state index contributed by atoms with van der Waals surface area (Å²) >= 11 is 0. The van der Waals surface area contributed by atoms with Gasteiger partial charge in [-0.1, -0.05) is 27.2 Å². The summed E-state index contributed by atoms with van der Waals surface area (Å²) in [6.07, 6.45) is 3.23. The standard InChI is InChI=1S/C13H21N3/c1-4-5-11-10-7-14-8-12(10)16-13(15-11)6-9(2)3/h9,14H,4-8H2,1-3H3. The van der Waals surface area contributed by atoms with Gasteiger partial charge in [0.1, 0.15) is 5.82 Å². The van der Waals surface area contributed by atoms with Gasteiger partial charge in [-0.15, -0.1) is 0 Å². The Bertz CT molecular complexity index is 372. The minimum atomic E-state index is 0.627. The fourth-order valence-corrected chi connectivity index (χ4v) is 2.19. The van der Waals surface area contributed by atoms with Crippen molar-refractivity contribution in [2.24, 2.45) is 5.92 Å². The lowest BCUT2D eigenvalue weighted by Gasteiger charge is -2.10. The van der Waals surface area contributed by atoms with Crippen LogP contribution in [0.1, 0.15) is 50.0 Å². The summed E-state index contributed by atoms with van der Waals surface area (Å²) in [6, 6.07) is 0. The lowest BCUT2D eigenvalue weighted by molar-refractivity contribution is 0.613. The number of aromatic nitrogens is 2. The van der Waals surface area contributed by atoms with E-state index in [1.54, 1.807) is 0 Å². The molecule has 0 saturated heterocycles. The number of aryl methyl sites for hydroxylation is 1. The topological polar surface area (TPSA) is 37.8 Å². The van der Waals surface area contributed by atoms with Crippen LogP contribution in [-0.4, -0.2) is 9.97 Å². The highest BCUT2D eigenvalue weighted by Gasteiger charge is 2.18. The van der Waals surface area contributed by atoms with Crippen molar-refractivity contribution in [3.8, 4) is 0 Å². The zero-order valence-electron chi connectivity index (χ0n) is 10.5. The zero-order valence-corrected chi connectivity index (χ0v) is 10.5. The fraction of sp³-hybridized carbons (Fsp3) is 0.692. The molecule has 3 nitrogen and oxygen atoms in total. The molecule has 0 spiro atoms. The number of fused-ring (bicyclic) bond motifs is 1. The van der Waals surface area contributed by atoms with E-state index in [1.807, 2.05) is 0 Å². The molecule has 2 heterocycles. The van der Waals surface area contributed by atoms with Gasteiger partial charge >= 0.3 is 0 Å². The van der Waals surface area contributed by atoms with E-state index in [0.29, 0.717) is 5.92 Å². The van der Waals surface area contributed by atoms with Crippen LogP contribution in [-0.2, 0) is 25.9 Å². The Morgan fingerprint density at radius 3 is 2.75 bits per heavy atom. The molecule has 0 aliphatic carbocycles. The first kappa shape index (κ1) is 11.5. The van der Waals surface area contributed by atoms with Gasteiger partial charge in [-0.25, -0.2) is 9.97 Å². The molecule has 16 heavy (non-hydrogen) atoms. The van der Waals surface area contributed by atoms with Crippen LogP contribution in [0.3, 0.4) is 0 Å². The van der Waals surface area contributed by atoms with Crippen LogP contribution in [0.15, 0.2) is 0 Å². The summed E-state index contributed by atoms with van der Waals surface area (Å²) in [5.74, 6) is 1.66. The minimum absolute atomic E-state index is 0.627. The summed E-state index contributed by atoms with van der Waals surface area (Å²) in [7, 11) is 0. The van der Waals surface area contributed by atoms with E-state index in [9.17, 15) is 0 Å². The van der Waals surface area contributed by atoms with Gasteiger partial charge in [0, 0.05) is 30.8 Å². The summed E-state index contributed by atoms with van der Waals surface area (Å²) in [5.41, 5.74) is 3.86. The fourth-order valence-electron chi connectivity index (χ4n) is 2.19. The summed E-state index contributed by atoms with van der Waals surface area (Å²) in [6.45, 7) is 8.51. The molecule has 0 unspecified atom stereocenters. The first-order valence-corrected chi connectivity index (χ1v) is 6.29. The van der Waals surface area contributed by atoms with Crippen LogP contribution < -0.4 is 5.32 Å². The Balaban J connectivity index is 2.31. The number of hydrogen-bond acceptors (Lipinski definition) is 3. The van der Waals surface area contributed by atoms with Gasteiger partial charge in [0.2, 0.25) is 0 Å². The third-order valence-electron chi connectivity index (χ3n) is 2.90. The van der Waals surface area contributed by atoms with E-state index in [0.717, 1.165) is 38.2 Å². The number of rotatable bonds is 4. The van der Waals surface area contributed by atoms with E-state index in [1.165, 1.54) is 17.0 Å². The highest BCUT2D eigenvalue weighted by atomic mass is 15.0. The second-order valence-electron chi connectivity index (χ2n) is 4.96. The lowest BCUT2D eigenvalue weighted by Crippen LogP contribution is -2.08. The van der Waals surface area contributed by atoms with Crippen molar-refractivity contribution in [2.45, 2.75) is 53.1 Å². The Labute approximate surface area is 97.7 Å². The van der Waals surface area contributed by atoms with Gasteiger partial charge in [0.15, 0.2) is 0 Å². The van der Waals surface area contributed by atoms with Crippen molar-refractivity contribution in [3.05, 3.63) is 22.8 Å². The minimum Gasteiger partial charge on any atom is -0.307 e.